The van der Waals surface area contributed by atoms with Crippen molar-refractivity contribution in [2.45, 2.75) is 32.6 Å². The van der Waals surface area contributed by atoms with Crippen LogP contribution in [0.15, 0.2) is 24.3 Å². The van der Waals surface area contributed by atoms with Gasteiger partial charge in [0.25, 0.3) is 0 Å². The molecular weight excluding hydrogens is 152 g/mol. The van der Waals surface area contributed by atoms with Crippen LogP contribution in [0.25, 0.3) is 0 Å². The third-order valence-corrected chi connectivity index (χ3v) is 1.44. The molecule has 0 unspecified atom stereocenters. The molecule has 0 amide bonds. The van der Waals surface area contributed by atoms with Gasteiger partial charge in [-0.15, -0.1) is 0 Å². The molecule has 0 radical (unpaired) electrons. The van der Waals surface area contributed by atoms with E-state index in [0.717, 1.165) is 19.3 Å². The van der Waals surface area contributed by atoms with Crippen LogP contribution in [0.5, 0.6) is 0 Å². The molecule has 68 valence electrons. The first-order valence-electron chi connectivity index (χ1n) is 4.25. The highest BCUT2D eigenvalue weighted by molar-refractivity contribution is 5.66. The van der Waals surface area contributed by atoms with Crippen molar-refractivity contribution in [1.82, 2.24) is 0 Å². The third kappa shape index (κ3) is 8.95. The second kappa shape index (κ2) is 8.05. The summed E-state index contributed by atoms with van der Waals surface area (Å²) < 4.78 is 0. The van der Waals surface area contributed by atoms with Crippen molar-refractivity contribution in [1.29, 1.82) is 0 Å². The summed E-state index contributed by atoms with van der Waals surface area (Å²) in [7, 11) is 0. The largest absolute Gasteiger partial charge is 0.481 e. The fraction of sp³-hybridized carbons (Fsp3) is 0.500. The van der Waals surface area contributed by atoms with Gasteiger partial charge in [0.2, 0.25) is 0 Å². The van der Waals surface area contributed by atoms with Crippen molar-refractivity contribution in [2.24, 2.45) is 0 Å². The Morgan fingerprint density at radius 1 is 1.33 bits per heavy atom. The molecule has 0 bridgehead atoms. The minimum atomic E-state index is -0.711. The lowest BCUT2D eigenvalue weighted by molar-refractivity contribution is -0.137. The number of hydrogen-bond acceptors (Lipinski definition) is 1. The number of rotatable bonds is 6. The number of allylic oxidation sites excluding steroid dienone is 4. The molecule has 0 aromatic carbocycles. The number of carboxylic acid groups (broad SMARTS) is 1. The van der Waals surface area contributed by atoms with E-state index in [9.17, 15) is 4.79 Å². The highest BCUT2D eigenvalue weighted by atomic mass is 16.4. The van der Waals surface area contributed by atoms with Crippen LogP contribution in [-0.2, 0) is 4.79 Å². The Morgan fingerprint density at radius 3 is 2.67 bits per heavy atom. The topological polar surface area (TPSA) is 37.3 Å². The van der Waals surface area contributed by atoms with E-state index >= 15 is 0 Å². The van der Waals surface area contributed by atoms with Crippen molar-refractivity contribution in [3.8, 4) is 0 Å². The smallest absolute Gasteiger partial charge is 0.303 e. The summed E-state index contributed by atoms with van der Waals surface area (Å²) >= 11 is 0. The predicted octanol–water partition coefficient (Wildman–Crippen LogP) is 2.76. The fourth-order valence-corrected chi connectivity index (χ4v) is 0.800. The molecule has 0 atom stereocenters. The van der Waals surface area contributed by atoms with Crippen molar-refractivity contribution in [3.05, 3.63) is 24.3 Å². The molecule has 0 spiro atoms. The van der Waals surface area contributed by atoms with Crippen LogP contribution in [0, 0.1) is 0 Å². The first-order chi connectivity index (χ1) is 5.77. The average molecular weight is 168 g/mol. The Kier molecular flexibility index (Phi) is 7.35. The lowest BCUT2D eigenvalue weighted by atomic mass is 10.2. The first kappa shape index (κ1) is 11.0. The Labute approximate surface area is 73.6 Å². The minimum absolute atomic E-state index is 0.272. The van der Waals surface area contributed by atoms with Crippen molar-refractivity contribution >= 4 is 5.97 Å². The average Bonchev–Trinajstić information content (AvgIpc) is 2.02. The van der Waals surface area contributed by atoms with Gasteiger partial charge in [0.1, 0.15) is 0 Å². The second-order valence-electron chi connectivity index (χ2n) is 2.56. The molecule has 12 heavy (non-hydrogen) atoms. The summed E-state index contributed by atoms with van der Waals surface area (Å²) in [5.74, 6) is -0.711. The monoisotopic (exact) mass is 168 g/mol. The van der Waals surface area contributed by atoms with E-state index in [-0.39, 0.29) is 6.42 Å². The molecule has 0 fully saturated rings. The van der Waals surface area contributed by atoms with Gasteiger partial charge in [0, 0.05) is 6.42 Å². The molecule has 0 aliphatic heterocycles. The number of hydrogen-bond donors (Lipinski definition) is 1. The summed E-state index contributed by atoms with van der Waals surface area (Å²) in [6.45, 7) is 1.98. The molecule has 2 nitrogen and oxygen atoms in total. The van der Waals surface area contributed by atoms with Crippen LogP contribution in [0.1, 0.15) is 32.6 Å². The van der Waals surface area contributed by atoms with E-state index in [1.54, 1.807) is 0 Å². The van der Waals surface area contributed by atoms with Gasteiger partial charge in [-0.2, -0.15) is 0 Å². The van der Waals surface area contributed by atoms with Crippen LogP contribution in [0.2, 0.25) is 0 Å². The molecule has 1 N–H and O–H groups in total. The standard InChI is InChI=1S/C10H16O2/c1-2-3-4-5-6-7-8-9-10(11)12/h2-3,5-6H,4,7-9H2,1H3,(H,11,12)/b3-2?,6-5-. The third-order valence-electron chi connectivity index (χ3n) is 1.44. The molecule has 0 rings (SSSR count). The molecule has 0 aliphatic rings. The molecule has 0 aromatic heterocycles. The summed E-state index contributed by atoms with van der Waals surface area (Å²) in [5, 5.41) is 8.32. The predicted molar refractivity (Wildman–Crippen MR) is 50.1 cm³/mol. The molecular formula is C10H16O2. The molecule has 0 saturated carbocycles. The van der Waals surface area contributed by atoms with Crippen LogP contribution >= 0.6 is 0 Å². The van der Waals surface area contributed by atoms with Crippen molar-refractivity contribution in [2.75, 3.05) is 0 Å². The van der Waals surface area contributed by atoms with Crippen molar-refractivity contribution in [3.63, 3.8) is 0 Å². The highest BCUT2D eigenvalue weighted by Crippen LogP contribution is 1.97. The molecule has 2 heteroatoms. The minimum Gasteiger partial charge on any atom is -0.481 e. The highest BCUT2D eigenvalue weighted by Gasteiger charge is 1.92. The lowest BCUT2D eigenvalue weighted by Gasteiger charge is -1.89. The molecule has 0 heterocycles. The number of unbranched alkanes of at least 4 members (excludes halogenated alkanes) is 1. The van der Waals surface area contributed by atoms with Gasteiger partial charge in [0.05, 0.1) is 0 Å². The van der Waals surface area contributed by atoms with Crippen LogP contribution in [-0.4, -0.2) is 11.1 Å². The van der Waals surface area contributed by atoms with Gasteiger partial charge in [-0.05, 0) is 26.2 Å². The zero-order valence-electron chi connectivity index (χ0n) is 7.49. The van der Waals surface area contributed by atoms with Crippen LogP contribution < -0.4 is 0 Å². The molecule has 0 aliphatic carbocycles. The summed E-state index contributed by atoms with van der Waals surface area (Å²) in [6.07, 6.45) is 11.0. The van der Waals surface area contributed by atoms with Gasteiger partial charge >= 0.3 is 5.97 Å². The summed E-state index contributed by atoms with van der Waals surface area (Å²) in [4.78, 5) is 10.1. The van der Waals surface area contributed by atoms with Gasteiger partial charge in [-0.25, -0.2) is 0 Å². The zero-order valence-corrected chi connectivity index (χ0v) is 7.49. The number of aliphatic carboxylic acids is 1. The fourth-order valence-electron chi connectivity index (χ4n) is 0.800. The van der Waals surface area contributed by atoms with Gasteiger partial charge < -0.3 is 5.11 Å². The lowest BCUT2D eigenvalue weighted by Crippen LogP contribution is -1.92. The van der Waals surface area contributed by atoms with Gasteiger partial charge in [-0.3, -0.25) is 4.79 Å². The Hall–Kier alpha value is -1.05. The van der Waals surface area contributed by atoms with Gasteiger partial charge in [-0.1, -0.05) is 24.3 Å². The van der Waals surface area contributed by atoms with E-state index in [0.29, 0.717) is 0 Å². The van der Waals surface area contributed by atoms with Crippen LogP contribution in [0.4, 0.5) is 0 Å². The number of carbonyl (C=O) groups is 1. The number of carboxylic acids is 1. The summed E-state index contributed by atoms with van der Waals surface area (Å²) in [5.41, 5.74) is 0. The molecule has 0 aromatic rings. The van der Waals surface area contributed by atoms with Gasteiger partial charge in [0.15, 0.2) is 0 Å². The first-order valence-corrected chi connectivity index (χ1v) is 4.25. The Balaban J connectivity index is 3.19. The maximum Gasteiger partial charge on any atom is 0.303 e. The molecule has 0 saturated heterocycles. The zero-order chi connectivity index (χ0) is 9.23. The summed E-state index contributed by atoms with van der Waals surface area (Å²) in [6, 6.07) is 0. The van der Waals surface area contributed by atoms with E-state index in [1.165, 1.54) is 0 Å². The van der Waals surface area contributed by atoms with Crippen molar-refractivity contribution < 1.29 is 9.90 Å². The Morgan fingerprint density at radius 2 is 2.08 bits per heavy atom. The van der Waals surface area contributed by atoms with E-state index < -0.39 is 5.97 Å². The van der Waals surface area contributed by atoms with Crippen LogP contribution in [0.3, 0.4) is 0 Å². The second-order valence-corrected chi connectivity index (χ2v) is 2.56. The Bertz CT molecular complexity index is 169. The van der Waals surface area contributed by atoms with E-state index in [1.807, 2.05) is 19.1 Å². The normalized spacial score (nSPS) is 11.4. The van der Waals surface area contributed by atoms with E-state index in [2.05, 4.69) is 12.2 Å². The SMILES string of the molecule is CC=CC/C=C\CCCC(=O)O. The quantitative estimate of drug-likeness (QED) is 0.489. The maximum absolute atomic E-state index is 10.1. The van der Waals surface area contributed by atoms with E-state index in [4.69, 9.17) is 5.11 Å². The maximum atomic E-state index is 10.1.